The van der Waals surface area contributed by atoms with E-state index in [0.717, 1.165) is 16.3 Å². The molecule has 1 N–H and O–H groups in total. The molecular weight excluding hydrogens is 396 g/mol. The smallest absolute Gasteiger partial charge is 0.262 e. The predicted octanol–water partition coefficient (Wildman–Crippen LogP) is 4.72. The van der Waals surface area contributed by atoms with E-state index in [9.17, 15) is 8.42 Å². The molecule has 0 radical (unpaired) electrons. The third kappa shape index (κ3) is 4.63. The van der Waals surface area contributed by atoms with E-state index in [-0.39, 0.29) is 4.90 Å². The highest BCUT2D eigenvalue weighted by atomic mass is 32.2. The van der Waals surface area contributed by atoms with Crippen LogP contribution in [0.3, 0.4) is 0 Å². The second kappa shape index (κ2) is 8.62. The van der Waals surface area contributed by atoms with Gasteiger partial charge < -0.3 is 9.47 Å². The normalized spacial score (nSPS) is 11.2. The molecule has 28 heavy (non-hydrogen) atoms. The molecule has 0 amide bonds. The zero-order valence-electron chi connectivity index (χ0n) is 15.9. The minimum atomic E-state index is -3.76. The van der Waals surface area contributed by atoms with Crippen molar-refractivity contribution in [2.75, 3.05) is 17.9 Å². The summed E-state index contributed by atoms with van der Waals surface area (Å²) in [6, 6.07) is 11.7. The number of rotatable bonds is 8. The first-order valence-electron chi connectivity index (χ1n) is 8.88. The number of nitrogens with zero attached hydrogens (tertiary/aromatic N) is 1. The summed E-state index contributed by atoms with van der Waals surface area (Å²) in [6.07, 6.45) is 0. The van der Waals surface area contributed by atoms with Crippen LogP contribution < -0.4 is 14.2 Å². The lowest BCUT2D eigenvalue weighted by Gasteiger charge is -2.13. The van der Waals surface area contributed by atoms with Gasteiger partial charge in [0.05, 0.1) is 28.8 Å². The summed E-state index contributed by atoms with van der Waals surface area (Å²) in [6.45, 7) is 6.52. The zero-order chi connectivity index (χ0) is 20.1. The van der Waals surface area contributed by atoms with Crippen LogP contribution >= 0.6 is 11.3 Å². The van der Waals surface area contributed by atoms with Gasteiger partial charge in [0.25, 0.3) is 10.0 Å². The van der Waals surface area contributed by atoms with Crippen molar-refractivity contribution in [3.05, 3.63) is 52.9 Å². The first kappa shape index (κ1) is 20.2. The van der Waals surface area contributed by atoms with Crippen LogP contribution in [0.15, 0.2) is 52.7 Å². The van der Waals surface area contributed by atoms with Crippen LogP contribution in [-0.4, -0.2) is 26.6 Å². The van der Waals surface area contributed by atoms with Crippen molar-refractivity contribution in [1.29, 1.82) is 0 Å². The molecule has 6 nitrogen and oxygen atoms in total. The van der Waals surface area contributed by atoms with E-state index in [2.05, 4.69) is 9.71 Å². The van der Waals surface area contributed by atoms with Gasteiger partial charge in [0, 0.05) is 22.7 Å². The quantitative estimate of drug-likeness (QED) is 0.573. The van der Waals surface area contributed by atoms with Crippen LogP contribution in [0.4, 0.5) is 5.69 Å². The van der Waals surface area contributed by atoms with Gasteiger partial charge in [-0.25, -0.2) is 13.4 Å². The predicted molar refractivity (Wildman–Crippen MR) is 112 cm³/mol. The lowest BCUT2D eigenvalue weighted by molar-refractivity contribution is 0.287. The number of aromatic nitrogens is 1. The largest absolute Gasteiger partial charge is 0.490 e. The van der Waals surface area contributed by atoms with Gasteiger partial charge in [-0.1, -0.05) is 12.1 Å². The van der Waals surface area contributed by atoms with Gasteiger partial charge in [-0.15, -0.1) is 11.3 Å². The van der Waals surface area contributed by atoms with Crippen LogP contribution in [0, 0.1) is 6.92 Å². The Morgan fingerprint density at radius 3 is 2.29 bits per heavy atom. The highest BCUT2D eigenvalue weighted by molar-refractivity contribution is 7.92. The average Bonchev–Trinajstić information content (AvgIpc) is 3.10. The summed E-state index contributed by atoms with van der Waals surface area (Å²) >= 11 is 1.58. The van der Waals surface area contributed by atoms with Crippen molar-refractivity contribution >= 4 is 27.0 Å². The summed E-state index contributed by atoms with van der Waals surface area (Å²) < 4.78 is 39.1. The standard InChI is InChI=1S/C20H22N2O4S2/c1-4-25-19-11-10-17(12-20(19)26-5-2)28(23,24)22-16-8-6-15(7-9-16)18-13-27-14(3)21-18/h6-13,22H,4-5H2,1-3H3. The van der Waals surface area contributed by atoms with Gasteiger partial charge in [0.15, 0.2) is 11.5 Å². The van der Waals surface area contributed by atoms with Gasteiger partial charge in [-0.3, -0.25) is 4.72 Å². The molecular formula is C20H22N2O4S2. The fraction of sp³-hybridized carbons (Fsp3) is 0.250. The minimum absolute atomic E-state index is 0.110. The number of ether oxygens (including phenoxy) is 2. The van der Waals surface area contributed by atoms with E-state index in [1.54, 1.807) is 29.5 Å². The van der Waals surface area contributed by atoms with E-state index in [0.29, 0.717) is 30.4 Å². The molecule has 0 saturated carbocycles. The van der Waals surface area contributed by atoms with Gasteiger partial charge >= 0.3 is 0 Å². The highest BCUT2D eigenvalue weighted by Crippen LogP contribution is 2.31. The lowest BCUT2D eigenvalue weighted by Crippen LogP contribution is -2.13. The molecule has 0 unspecified atom stereocenters. The number of benzene rings is 2. The Bertz CT molecular complexity index is 1040. The fourth-order valence-electron chi connectivity index (χ4n) is 2.62. The SMILES string of the molecule is CCOc1ccc(S(=O)(=O)Nc2ccc(-c3csc(C)n3)cc2)cc1OCC. The van der Waals surface area contributed by atoms with E-state index in [4.69, 9.17) is 9.47 Å². The van der Waals surface area contributed by atoms with E-state index < -0.39 is 10.0 Å². The molecule has 3 rings (SSSR count). The molecule has 8 heteroatoms. The van der Waals surface area contributed by atoms with Crippen LogP contribution in [-0.2, 0) is 10.0 Å². The number of sulfonamides is 1. The third-order valence-corrected chi connectivity index (χ3v) is 6.03. The number of thiazole rings is 1. The third-order valence-electron chi connectivity index (χ3n) is 3.88. The van der Waals surface area contributed by atoms with Gasteiger partial charge in [0.2, 0.25) is 0 Å². The first-order valence-corrected chi connectivity index (χ1v) is 11.2. The summed E-state index contributed by atoms with van der Waals surface area (Å²) in [7, 11) is -3.76. The lowest BCUT2D eigenvalue weighted by atomic mass is 10.1. The molecule has 0 bridgehead atoms. The zero-order valence-corrected chi connectivity index (χ0v) is 17.6. The van der Waals surface area contributed by atoms with E-state index >= 15 is 0 Å². The second-order valence-electron chi connectivity index (χ2n) is 5.91. The number of aryl methyl sites for hydroxylation is 1. The molecule has 0 saturated heterocycles. The highest BCUT2D eigenvalue weighted by Gasteiger charge is 2.18. The Kier molecular flexibility index (Phi) is 6.21. The molecule has 148 valence electrons. The molecule has 0 aliphatic rings. The minimum Gasteiger partial charge on any atom is -0.490 e. The van der Waals surface area contributed by atoms with Gasteiger partial charge in [-0.05, 0) is 45.0 Å². The topological polar surface area (TPSA) is 77.5 Å². The maximum Gasteiger partial charge on any atom is 0.262 e. The fourth-order valence-corrected chi connectivity index (χ4v) is 4.31. The summed E-state index contributed by atoms with van der Waals surface area (Å²) in [5.41, 5.74) is 2.29. The van der Waals surface area contributed by atoms with Crippen molar-refractivity contribution in [3.8, 4) is 22.8 Å². The molecule has 0 atom stereocenters. The Morgan fingerprint density at radius 1 is 1.00 bits per heavy atom. The summed E-state index contributed by atoms with van der Waals surface area (Å²) in [4.78, 5) is 4.55. The van der Waals surface area contributed by atoms with Crippen LogP contribution in [0.2, 0.25) is 0 Å². The van der Waals surface area contributed by atoms with Crippen molar-refractivity contribution in [2.24, 2.45) is 0 Å². The molecule has 0 fully saturated rings. The van der Waals surface area contributed by atoms with Crippen molar-refractivity contribution in [2.45, 2.75) is 25.7 Å². The maximum atomic E-state index is 12.8. The van der Waals surface area contributed by atoms with Crippen molar-refractivity contribution in [1.82, 2.24) is 4.98 Å². The summed E-state index contributed by atoms with van der Waals surface area (Å²) in [5.74, 6) is 0.924. The van der Waals surface area contributed by atoms with Crippen LogP contribution in [0.25, 0.3) is 11.3 Å². The monoisotopic (exact) mass is 418 g/mol. The van der Waals surface area contributed by atoms with Gasteiger partial charge in [0.1, 0.15) is 0 Å². The molecule has 1 aromatic heterocycles. The number of hydrogen-bond donors (Lipinski definition) is 1. The molecule has 2 aromatic carbocycles. The molecule has 3 aromatic rings. The molecule has 0 aliphatic heterocycles. The van der Waals surface area contributed by atoms with Crippen LogP contribution in [0.1, 0.15) is 18.9 Å². The van der Waals surface area contributed by atoms with Gasteiger partial charge in [-0.2, -0.15) is 0 Å². The number of hydrogen-bond acceptors (Lipinski definition) is 6. The molecule has 1 heterocycles. The number of nitrogens with one attached hydrogen (secondary N) is 1. The molecule has 0 aliphatic carbocycles. The average molecular weight is 419 g/mol. The maximum absolute atomic E-state index is 12.8. The Labute approximate surface area is 169 Å². The Morgan fingerprint density at radius 2 is 1.68 bits per heavy atom. The molecule has 0 spiro atoms. The van der Waals surface area contributed by atoms with E-state index in [1.165, 1.54) is 12.1 Å². The first-order chi connectivity index (χ1) is 13.4. The summed E-state index contributed by atoms with van der Waals surface area (Å²) in [5, 5.41) is 2.96. The Balaban J connectivity index is 1.82. The Hall–Kier alpha value is -2.58. The van der Waals surface area contributed by atoms with Crippen molar-refractivity contribution < 1.29 is 17.9 Å². The number of anilines is 1. The van der Waals surface area contributed by atoms with Crippen molar-refractivity contribution in [3.63, 3.8) is 0 Å². The second-order valence-corrected chi connectivity index (χ2v) is 8.65. The van der Waals surface area contributed by atoms with E-state index in [1.807, 2.05) is 38.3 Å². The van der Waals surface area contributed by atoms with Crippen LogP contribution in [0.5, 0.6) is 11.5 Å².